The Morgan fingerprint density at radius 2 is 1.92 bits per heavy atom. The van der Waals surface area contributed by atoms with Gasteiger partial charge >= 0.3 is 0 Å². The smallest absolute Gasteiger partial charge is 0.258 e. The molecule has 1 aliphatic rings. The number of hydrogen-bond acceptors (Lipinski definition) is 4. The predicted molar refractivity (Wildman–Crippen MR) is 91.0 cm³/mol. The Bertz CT molecular complexity index is 580. The van der Waals surface area contributed by atoms with Crippen LogP contribution in [0.2, 0.25) is 0 Å². The summed E-state index contributed by atoms with van der Waals surface area (Å²) >= 11 is 0. The fourth-order valence-corrected chi connectivity index (χ4v) is 2.78. The maximum atomic E-state index is 12.1. The highest BCUT2D eigenvalue weighted by atomic mass is 16.5. The predicted octanol–water partition coefficient (Wildman–Crippen LogP) is 1.44. The molecule has 1 heterocycles. The summed E-state index contributed by atoms with van der Waals surface area (Å²) in [5.41, 5.74) is 2.19. The molecule has 0 aromatic heterocycles. The van der Waals surface area contributed by atoms with Crippen LogP contribution in [0.5, 0.6) is 5.75 Å². The number of hydrogen-bond donors (Lipinski definition) is 1. The molecule has 0 atom stereocenters. The van der Waals surface area contributed by atoms with Crippen LogP contribution in [0.4, 0.5) is 0 Å². The molecule has 0 spiro atoms. The van der Waals surface area contributed by atoms with Gasteiger partial charge in [-0.1, -0.05) is 12.1 Å². The van der Waals surface area contributed by atoms with Crippen LogP contribution in [-0.2, 0) is 14.3 Å². The van der Waals surface area contributed by atoms with E-state index in [2.05, 4.69) is 5.32 Å². The second-order valence-electron chi connectivity index (χ2n) is 6.14. The van der Waals surface area contributed by atoms with E-state index in [9.17, 15) is 9.59 Å². The number of carbonyl (C=O) groups excluding carboxylic acids is 2. The maximum absolute atomic E-state index is 12.1. The fraction of sp³-hybridized carbons (Fsp3) is 0.556. The SMILES string of the molecule is COCC(=O)N1CCC(NC(=O)COc2cccc(C)c2C)CC1. The number of aryl methyl sites for hydroxylation is 1. The van der Waals surface area contributed by atoms with Crippen molar-refractivity contribution in [2.75, 3.05) is 33.4 Å². The zero-order valence-corrected chi connectivity index (χ0v) is 14.6. The first kappa shape index (κ1) is 18.3. The maximum Gasteiger partial charge on any atom is 0.258 e. The van der Waals surface area contributed by atoms with Gasteiger partial charge in [0.25, 0.3) is 5.91 Å². The van der Waals surface area contributed by atoms with Crippen molar-refractivity contribution in [2.24, 2.45) is 0 Å². The van der Waals surface area contributed by atoms with Crippen LogP contribution in [0, 0.1) is 13.8 Å². The summed E-state index contributed by atoms with van der Waals surface area (Å²) in [4.78, 5) is 25.6. The minimum absolute atomic E-state index is 0.000493. The van der Waals surface area contributed by atoms with Crippen molar-refractivity contribution < 1.29 is 19.1 Å². The first-order valence-corrected chi connectivity index (χ1v) is 8.26. The molecular weight excluding hydrogens is 308 g/mol. The monoisotopic (exact) mass is 334 g/mol. The molecule has 2 rings (SSSR count). The lowest BCUT2D eigenvalue weighted by Crippen LogP contribution is -2.48. The first-order chi connectivity index (χ1) is 11.5. The Morgan fingerprint density at radius 3 is 2.58 bits per heavy atom. The van der Waals surface area contributed by atoms with E-state index in [4.69, 9.17) is 9.47 Å². The third-order valence-corrected chi connectivity index (χ3v) is 4.39. The lowest BCUT2D eigenvalue weighted by atomic mass is 10.1. The average molecular weight is 334 g/mol. The highest BCUT2D eigenvalue weighted by molar-refractivity contribution is 5.78. The standard InChI is InChI=1S/C18H26N2O4/c1-13-5-4-6-16(14(13)2)24-11-17(21)19-15-7-9-20(10-8-15)18(22)12-23-3/h4-6,15H,7-12H2,1-3H3,(H,19,21). The van der Waals surface area contributed by atoms with Crippen molar-refractivity contribution >= 4 is 11.8 Å². The molecule has 24 heavy (non-hydrogen) atoms. The van der Waals surface area contributed by atoms with Crippen molar-refractivity contribution in [3.63, 3.8) is 0 Å². The van der Waals surface area contributed by atoms with Gasteiger partial charge in [0, 0.05) is 26.2 Å². The summed E-state index contributed by atoms with van der Waals surface area (Å²) in [6.45, 7) is 5.40. The van der Waals surface area contributed by atoms with Gasteiger partial charge in [-0.25, -0.2) is 0 Å². The Morgan fingerprint density at radius 1 is 1.21 bits per heavy atom. The number of ether oxygens (including phenoxy) is 2. The van der Waals surface area contributed by atoms with E-state index in [-0.39, 0.29) is 31.1 Å². The van der Waals surface area contributed by atoms with Crippen LogP contribution in [-0.4, -0.2) is 56.2 Å². The molecular formula is C18H26N2O4. The van der Waals surface area contributed by atoms with Crippen molar-refractivity contribution in [2.45, 2.75) is 32.7 Å². The molecule has 1 aromatic rings. The van der Waals surface area contributed by atoms with Gasteiger partial charge < -0.3 is 19.7 Å². The second kappa shape index (κ2) is 8.68. The molecule has 0 aliphatic carbocycles. The number of benzene rings is 1. The van der Waals surface area contributed by atoms with E-state index >= 15 is 0 Å². The second-order valence-corrected chi connectivity index (χ2v) is 6.14. The van der Waals surface area contributed by atoms with E-state index in [1.165, 1.54) is 7.11 Å². The van der Waals surface area contributed by atoms with Crippen LogP contribution in [0.25, 0.3) is 0 Å². The van der Waals surface area contributed by atoms with Crippen molar-refractivity contribution in [3.8, 4) is 5.75 Å². The topological polar surface area (TPSA) is 67.9 Å². The highest BCUT2D eigenvalue weighted by Crippen LogP contribution is 2.20. The normalized spacial score (nSPS) is 15.2. The number of piperidine rings is 1. The molecule has 1 fully saturated rings. The quantitative estimate of drug-likeness (QED) is 0.855. The van der Waals surface area contributed by atoms with Crippen LogP contribution in [0.3, 0.4) is 0 Å². The molecule has 1 aromatic carbocycles. The van der Waals surface area contributed by atoms with Crippen LogP contribution < -0.4 is 10.1 Å². The van der Waals surface area contributed by atoms with Crippen LogP contribution >= 0.6 is 0 Å². The third-order valence-electron chi connectivity index (χ3n) is 4.39. The van der Waals surface area contributed by atoms with Gasteiger partial charge in [-0.05, 0) is 43.9 Å². The summed E-state index contributed by atoms with van der Waals surface area (Å²) in [6.07, 6.45) is 1.51. The largest absolute Gasteiger partial charge is 0.483 e. The molecule has 1 saturated heterocycles. The lowest BCUT2D eigenvalue weighted by Gasteiger charge is -2.32. The van der Waals surface area contributed by atoms with Crippen LogP contribution in [0.15, 0.2) is 18.2 Å². The third kappa shape index (κ3) is 4.96. The first-order valence-electron chi connectivity index (χ1n) is 8.26. The van der Waals surface area contributed by atoms with Gasteiger partial charge in [-0.3, -0.25) is 9.59 Å². The molecule has 1 N–H and O–H groups in total. The van der Waals surface area contributed by atoms with E-state index < -0.39 is 0 Å². The Hall–Kier alpha value is -2.08. The number of carbonyl (C=O) groups is 2. The van der Waals surface area contributed by atoms with Crippen molar-refractivity contribution in [3.05, 3.63) is 29.3 Å². The molecule has 0 bridgehead atoms. The zero-order chi connectivity index (χ0) is 17.5. The summed E-state index contributed by atoms with van der Waals surface area (Å²) in [6, 6.07) is 5.89. The van der Waals surface area contributed by atoms with Crippen LogP contribution in [0.1, 0.15) is 24.0 Å². The molecule has 132 valence electrons. The average Bonchev–Trinajstić information content (AvgIpc) is 2.57. The van der Waals surface area contributed by atoms with Crippen molar-refractivity contribution in [1.82, 2.24) is 10.2 Å². The van der Waals surface area contributed by atoms with Crippen molar-refractivity contribution in [1.29, 1.82) is 0 Å². The number of amides is 2. The number of nitrogens with zero attached hydrogens (tertiary/aromatic N) is 1. The van der Waals surface area contributed by atoms with E-state index in [0.29, 0.717) is 13.1 Å². The Kier molecular flexibility index (Phi) is 6.61. The molecule has 0 radical (unpaired) electrons. The van der Waals surface area contributed by atoms with Gasteiger partial charge in [0.2, 0.25) is 5.91 Å². The van der Waals surface area contributed by atoms with Gasteiger partial charge in [-0.2, -0.15) is 0 Å². The lowest BCUT2D eigenvalue weighted by molar-refractivity contribution is -0.136. The Balaban J connectivity index is 1.74. The molecule has 6 nitrogen and oxygen atoms in total. The van der Waals surface area contributed by atoms with E-state index in [1.807, 2.05) is 32.0 Å². The zero-order valence-electron chi connectivity index (χ0n) is 14.6. The number of likely N-dealkylation sites (tertiary alicyclic amines) is 1. The van der Waals surface area contributed by atoms with Gasteiger partial charge in [0.1, 0.15) is 12.4 Å². The minimum atomic E-state index is -0.127. The Labute approximate surface area is 143 Å². The number of methoxy groups -OCH3 is 1. The molecule has 2 amide bonds. The number of rotatable bonds is 6. The number of nitrogens with one attached hydrogen (secondary N) is 1. The summed E-state index contributed by atoms with van der Waals surface area (Å²) in [5, 5.41) is 2.98. The molecule has 0 saturated carbocycles. The summed E-state index contributed by atoms with van der Waals surface area (Å²) < 4.78 is 10.5. The molecule has 6 heteroatoms. The molecule has 1 aliphatic heterocycles. The van der Waals surface area contributed by atoms with Gasteiger partial charge in [-0.15, -0.1) is 0 Å². The van der Waals surface area contributed by atoms with Gasteiger partial charge in [0.05, 0.1) is 0 Å². The summed E-state index contributed by atoms with van der Waals surface area (Å²) in [5.74, 6) is 0.614. The van der Waals surface area contributed by atoms with E-state index in [1.54, 1.807) is 4.90 Å². The summed E-state index contributed by atoms with van der Waals surface area (Å²) in [7, 11) is 1.51. The fourth-order valence-electron chi connectivity index (χ4n) is 2.78. The molecule has 0 unspecified atom stereocenters. The van der Waals surface area contributed by atoms with E-state index in [0.717, 1.165) is 29.7 Å². The minimum Gasteiger partial charge on any atom is -0.483 e. The highest BCUT2D eigenvalue weighted by Gasteiger charge is 2.23. The van der Waals surface area contributed by atoms with Gasteiger partial charge in [0.15, 0.2) is 6.61 Å².